The Hall–Kier alpha value is -0.770. The summed E-state index contributed by atoms with van der Waals surface area (Å²) in [5.74, 6) is 0.756. The van der Waals surface area contributed by atoms with Crippen molar-refractivity contribution in [2.45, 2.75) is 33.2 Å². The zero-order valence-corrected chi connectivity index (χ0v) is 15.4. The van der Waals surface area contributed by atoms with Gasteiger partial charge in [0.25, 0.3) is 0 Å². The number of benzene rings is 1. The predicted octanol–water partition coefficient (Wildman–Crippen LogP) is 3.71. The molecule has 3 rings (SSSR count). The Morgan fingerprint density at radius 3 is 2.26 bits per heavy atom. The quantitative estimate of drug-likeness (QED) is 0.812. The maximum Gasteiger partial charge on any atom is 0.0471 e. The third kappa shape index (κ3) is 4.40. The summed E-state index contributed by atoms with van der Waals surface area (Å²) in [6, 6.07) is 6.40. The normalized spacial score (nSPS) is 20.6. The first-order valence-electron chi connectivity index (χ1n) is 9.10. The van der Waals surface area contributed by atoms with Crippen LogP contribution in [-0.4, -0.2) is 55.6 Å². The van der Waals surface area contributed by atoms with Gasteiger partial charge in [-0.25, -0.2) is 0 Å². The van der Waals surface area contributed by atoms with Crippen molar-refractivity contribution in [3.8, 4) is 0 Å². The van der Waals surface area contributed by atoms with E-state index in [0.29, 0.717) is 0 Å². The van der Waals surface area contributed by atoms with Crippen LogP contribution in [0, 0.1) is 5.92 Å². The maximum atomic E-state index is 6.56. The number of hydrogen-bond acceptors (Lipinski definition) is 3. The molecule has 0 aromatic heterocycles. The minimum Gasteiger partial charge on any atom is -0.371 e. The second kappa shape index (κ2) is 7.87. The van der Waals surface area contributed by atoms with E-state index in [-0.39, 0.29) is 0 Å². The monoisotopic (exact) mass is 335 g/mol. The van der Waals surface area contributed by atoms with Gasteiger partial charge in [0.05, 0.1) is 0 Å². The van der Waals surface area contributed by atoms with Gasteiger partial charge in [0.15, 0.2) is 0 Å². The molecule has 0 saturated carbocycles. The Bertz CT molecular complexity index is 503. The van der Waals surface area contributed by atoms with Gasteiger partial charge in [0.2, 0.25) is 0 Å². The Balaban J connectivity index is 1.64. The van der Waals surface area contributed by atoms with Gasteiger partial charge >= 0.3 is 0 Å². The summed E-state index contributed by atoms with van der Waals surface area (Å²) in [5.41, 5.74) is 2.69. The summed E-state index contributed by atoms with van der Waals surface area (Å²) in [4.78, 5) is 7.67. The molecule has 2 fully saturated rings. The summed E-state index contributed by atoms with van der Waals surface area (Å²) >= 11 is 6.56. The Labute approximate surface area is 146 Å². The SMILES string of the molecule is CC(C)CN1CCN(Cc2c(Cl)cccc2N2CCCC2)CC1. The largest absolute Gasteiger partial charge is 0.371 e. The highest BCUT2D eigenvalue weighted by molar-refractivity contribution is 6.31. The molecule has 0 unspecified atom stereocenters. The molecule has 0 spiro atoms. The number of nitrogens with zero attached hydrogens (tertiary/aromatic N) is 3. The van der Waals surface area contributed by atoms with Crippen LogP contribution in [0.25, 0.3) is 0 Å². The van der Waals surface area contributed by atoms with E-state index in [1.165, 1.54) is 56.8 Å². The van der Waals surface area contributed by atoms with Gasteiger partial charge in [-0.2, -0.15) is 0 Å². The second-order valence-electron chi connectivity index (χ2n) is 7.40. The van der Waals surface area contributed by atoms with Crippen molar-refractivity contribution < 1.29 is 0 Å². The standard InChI is InChI=1S/C19H30ClN3/c1-16(2)14-21-10-12-22(13-11-21)15-17-18(20)6-5-7-19(17)23-8-3-4-9-23/h5-7,16H,3-4,8-15H2,1-2H3. The van der Waals surface area contributed by atoms with Gasteiger partial charge in [-0.1, -0.05) is 31.5 Å². The van der Waals surface area contributed by atoms with Crippen LogP contribution in [0.4, 0.5) is 5.69 Å². The zero-order valence-electron chi connectivity index (χ0n) is 14.6. The van der Waals surface area contributed by atoms with Crippen LogP contribution in [-0.2, 0) is 6.54 Å². The van der Waals surface area contributed by atoms with Crippen molar-refractivity contribution in [2.75, 3.05) is 50.7 Å². The molecule has 1 aromatic rings. The lowest BCUT2D eigenvalue weighted by Gasteiger charge is -2.36. The molecule has 0 radical (unpaired) electrons. The first kappa shape index (κ1) is 17.1. The molecule has 1 aromatic carbocycles. The molecule has 0 amide bonds. The molecule has 23 heavy (non-hydrogen) atoms. The van der Waals surface area contributed by atoms with Gasteiger partial charge in [0.1, 0.15) is 0 Å². The summed E-state index contributed by atoms with van der Waals surface area (Å²) in [6.45, 7) is 13.8. The number of piperazine rings is 1. The van der Waals surface area contributed by atoms with Crippen molar-refractivity contribution in [3.63, 3.8) is 0 Å². The third-order valence-corrected chi connectivity index (χ3v) is 5.36. The molecular weight excluding hydrogens is 306 g/mol. The molecular formula is C19H30ClN3. The fraction of sp³-hybridized carbons (Fsp3) is 0.684. The highest BCUT2D eigenvalue weighted by Gasteiger charge is 2.22. The Morgan fingerprint density at radius 1 is 0.957 bits per heavy atom. The first-order valence-corrected chi connectivity index (χ1v) is 9.48. The van der Waals surface area contributed by atoms with Crippen LogP contribution in [0.15, 0.2) is 18.2 Å². The van der Waals surface area contributed by atoms with Gasteiger partial charge in [-0.05, 0) is 30.9 Å². The summed E-state index contributed by atoms with van der Waals surface area (Å²) in [7, 11) is 0. The fourth-order valence-corrected chi connectivity index (χ4v) is 4.06. The third-order valence-electron chi connectivity index (χ3n) is 5.01. The lowest BCUT2D eigenvalue weighted by atomic mass is 10.1. The lowest BCUT2D eigenvalue weighted by molar-refractivity contribution is 0.117. The average Bonchev–Trinajstić information content (AvgIpc) is 3.05. The smallest absolute Gasteiger partial charge is 0.0471 e. The molecule has 2 saturated heterocycles. The van der Waals surface area contributed by atoms with Gasteiger partial charge < -0.3 is 9.80 Å². The van der Waals surface area contributed by atoms with E-state index in [2.05, 4.69) is 40.7 Å². The van der Waals surface area contributed by atoms with Crippen LogP contribution in [0.1, 0.15) is 32.3 Å². The first-order chi connectivity index (χ1) is 11.1. The molecule has 0 bridgehead atoms. The van der Waals surface area contributed by atoms with Crippen LogP contribution in [0.5, 0.6) is 0 Å². The molecule has 0 N–H and O–H groups in total. The maximum absolute atomic E-state index is 6.56. The predicted molar refractivity (Wildman–Crippen MR) is 99.5 cm³/mol. The van der Waals surface area contributed by atoms with E-state index in [4.69, 9.17) is 11.6 Å². The van der Waals surface area contributed by atoms with Crippen molar-refractivity contribution in [3.05, 3.63) is 28.8 Å². The summed E-state index contributed by atoms with van der Waals surface area (Å²) in [6.07, 6.45) is 2.61. The Kier molecular flexibility index (Phi) is 5.84. The lowest BCUT2D eigenvalue weighted by Crippen LogP contribution is -2.47. The molecule has 0 atom stereocenters. The summed E-state index contributed by atoms with van der Waals surface area (Å²) in [5, 5.41) is 0.930. The van der Waals surface area contributed by atoms with Crippen LogP contribution in [0.3, 0.4) is 0 Å². The second-order valence-corrected chi connectivity index (χ2v) is 7.81. The molecule has 2 aliphatic heterocycles. The van der Waals surface area contributed by atoms with E-state index in [1.54, 1.807) is 0 Å². The molecule has 2 aliphatic rings. The molecule has 2 heterocycles. The zero-order chi connectivity index (χ0) is 16.2. The van der Waals surface area contributed by atoms with Crippen LogP contribution in [0.2, 0.25) is 5.02 Å². The number of halogens is 1. The van der Waals surface area contributed by atoms with E-state index < -0.39 is 0 Å². The highest BCUT2D eigenvalue weighted by atomic mass is 35.5. The molecule has 0 aliphatic carbocycles. The van der Waals surface area contributed by atoms with Gasteiger partial charge in [0, 0.05) is 68.6 Å². The fourth-order valence-electron chi connectivity index (χ4n) is 3.83. The minimum absolute atomic E-state index is 0.756. The topological polar surface area (TPSA) is 9.72 Å². The van der Waals surface area contributed by atoms with Crippen LogP contribution < -0.4 is 4.90 Å². The van der Waals surface area contributed by atoms with Crippen molar-refractivity contribution in [1.29, 1.82) is 0 Å². The number of hydrogen-bond donors (Lipinski definition) is 0. The van der Waals surface area contributed by atoms with E-state index in [1.807, 2.05) is 6.07 Å². The minimum atomic E-state index is 0.756. The van der Waals surface area contributed by atoms with Crippen molar-refractivity contribution in [2.24, 2.45) is 5.92 Å². The van der Waals surface area contributed by atoms with E-state index in [0.717, 1.165) is 30.6 Å². The van der Waals surface area contributed by atoms with Gasteiger partial charge in [-0.3, -0.25) is 4.90 Å². The van der Waals surface area contributed by atoms with Crippen LogP contribution >= 0.6 is 11.6 Å². The van der Waals surface area contributed by atoms with Crippen molar-refractivity contribution in [1.82, 2.24) is 9.80 Å². The molecule has 4 heteroatoms. The van der Waals surface area contributed by atoms with Crippen molar-refractivity contribution >= 4 is 17.3 Å². The summed E-state index contributed by atoms with van der Waals surface area (Å²) < 4.78 is 0. The molecule has 128 valence electrons. The number of rotatable bonds is 5. The number of anilines is 1. The van der Waals surface area contributed by atoms with Gasteiger partial charge in [-0.15, -0.1) is 0 Å². The van der Waals surface area contributed by atoms with E-state index >= 15 is 0 Å². The van der Waals surface area contributed by atoms with E-state index in [9.17, 15) is 0 Å². The average molecular weight is 336 g/mol. The molecule has 3 nitrogen and oxygen atoms in total. The highest BCUT2D eigenvalue weighted by Crippen LogP contribution is 2.31. The Morgan fingerprint density at radius 2 is 1.61 bits per heavy atom.